The molecule has 0 atom stereocenters. The number of anilines is 2. The predicted octanol–water partition coefficient (Wildman–Crippen LogP) is 4.24. The number of hydrogen-bond acceptors (Lipinski definition) is 8. The average Bonchev–Trinajstić information content (AvgIpc) is 3.31. The molecule has 0 aliphatic heterocycles. The van der Waals surface area contributed by atoms with Crippen molar-refractivity contribution in [1.29, 1.82) is 0 Å². The van der Waals surface area contributed by atoms with Gasteiger partial charge in [-0.25, -0.2) is 22.9 Å². The lowest BCUT2D eigenvalue weighted by Crippen LogP contribution is -2.36. The summed E-state index contributed by atoms with van der Waals surface area (Å²) in [6.45, 7) is 3.85. The quantitative estimate of drug-likeness (QED) is 0.348. The highest BCUT2D eigenvalue weighted by Crippen LogP contribution is 2.40. The standard InChI is InChI=1S/C23H28N6O4S2/c1-3-25-35(32,33)20-12-17(26-21-11-4-14(2)28-29-21)9-10-18(20)19-13-24-22(34-19)15-5-7-16(8-6-15)27-23(30)31/h4,9-13,15-16,25,27H,3,5-8H2,1-2H3,(H,26,29)(H,30,31). The third-order valence-corrected chi connectivity index (χ3v) is 8.65. The van der Waals surface area contributed by atoms with Gasteiger partial charge in [-0.1, -0.05) is 13.0 Å². The number of benzene rings is 1. The zero-order chi connectivity index (χ0) is 25.0. The van der Waals surface area contributed by atoms with Crippen LogP contribution in [0.4, 0.5) is 16.3 Å². The van der Waals surface area contributed by atoms with Crippen LogP contribution in [-0.4, -0.2) is 47.4 Å². The molecule has 0 unspecified atom stereocenters. The number of thiazole rings is 1. The maximum atomic E-state index is 13.1. The molecule has 1 amide bonds. The first-order valence-corrected chi connectivity index (χ1v) is 13.7. The van der Waals surface area contributed by atoms with Crippen LogP contribution in [0.2, 0.25) is 0 Å². The molecule has 0 saturated heterocycles. The van der Waals surface area contributed by atoms with E-state index in [4.69, 9.17) is 5.11 Å². The van der Waals surface area contributed by atoms with E-state index in [1.54, 1.807) is 31.3 Å². The molecule has 0 radical (unpaired) electrons. The first-order chi connectivity index (χ1) is 16.7. The summed E-state index contributed by atoms with van der Waals surface area (Å²) >= 11 is 1.48. The first kappa shape index (κ1) is 25.0. The molecular weight excluding hydrogens is 488 g/mol. The molecular formula is C23H28N6O4S2. The number of rotatable bonds is 8. The van der Waals surface area contributed by atoms with Crippen LogP contribution in [0, 0.1) is 6.92 Å². The molecule has 1 aliphatic carbocycles. The molecule has 2 aromatic heterocycles. The molecule has 3 aromatic rings. The van der Waals surface area contributed by atoms with E-state index < -0.39 is 16.1 Å². The SMILES string of the molecule is CCNS(=O)(=O)c1cc(Nc2ccc(C)nn2)ccc1-c1cnc(C2CCC(NC(=O)O)CC2)s1. The van der Waals surface area contributed by atoms with Gasteiger partial charge in [0.2, 0.25) is 10.0 Å². The maximum absolute atomic E-state index is 13.1. The van der Waals surface area contributed by atoms with Crippen molar-refractivity contribution in [3.8, 4) is 10.4 Å². The van der Waals surface area contributed by atoms with Gasteiger partial charge in [-0.05, 0) is 56.9 Å². The zero-order valence-corrected chi connectivity index (χ0v) is 21.1. The molecule has 0 spiro atoms. The Balaban J connectivity index is 1.60. The van der Waals surface area contributed by atoms with Crippen molar-refractivity contribution in [2.45, 2.75) is 56.4 Å². The van der Waals surface area contributed by atoms with Crippen LogP contribution < -0.4 is 15.4 Å². The van der Waals surface area contributed by atoms with Crippen LogP contribution in [0.1, 0.15) is 49.2 Å². The highest BCUT2D eigenvalue weighted by Gasteiger charge is 2.27. The fourth-order valence-corrected chi connectivity index (χ4v) is 6.64. The Morgan fingerprint density at radius 1 is 1.14 bits per heavy atom. The average molecular weight is 517 g/mol. The van der Waals surface area contributed by atoms with Crippen molar-refractivity contribution in [3.05, 3.63) is 47.2 Å². The van der Waals surface area contributed by atoms with Crippen molar-refractivity contribution in [2.75, 3.05) is 11.9 Å². The van der Waals surface area contributed by atoms with Crippen molar-refractivity contribution in [3.63, 3.8) is 0 Å². The fraction of sp³-hybridized carbons (Fsp3) is 0.391. The van der Waals surface area contributed by atoms with E-state index in [9.17, 15) is 13.2 Å². The molecule has 1 aliphatic rings. The van der Waals surface area contributed by atoms with E-state index in [0.717, 1.165) is 41.3 Å². The van der Waals surface area contributed by atoms with Gasteiger partial charge in [-0.15, -0.1) is 16.4 Å². The monoisotopic (exact) mass is 516 g/mol. The molecule has 35 heavy (non-hydrogen) atoms. The Morgan fingerprint density at radius 3 is 2.57 bits per heavy atom. The summed E-state index contributed by atoms with van der Waals surface area (Å²) in [6, 6.07) is 8.76. The van der Waals surface area contributed by atoms with Crippen molar-refractivity contribution >= 4 is 39.0 Å². The highest BCUT2D eigenvalue weighted by atomic mass is 32.2. The lowest BCUT2D eigenvalue weighted by Gasteiger charge is -2.27. The smallest absolute Gasteiger partial charge is 0.404 e. The number of aromatic nitrogens is 3. The number of carboxylic acid groups (broad SMARTS) is 1. The normalized spacial score (nSPS) is 18.2. The van der Waals surface area contributed by atoms with Crippen LogP contribution in [0.25, 0.3) is 10.4 Å². The first-order valence-electron chi connectivity index (χ1n) is 11.4. The summed E-state index contributed by atoms with van der Waals surface area (Å²) < 4.78 is 28.7. The van der Waals surface area contributed by atoms with Crippen LogP contribution >= 0.6 is 11.3 Å². The highest BCUT2D eigenvalue weighted by molar-refractivity contribution is 7.89. The number of sulfonamides is 1. The van der Waals surface area contributed by atoms with Crippen LogP contribution in [-0.2, 0) is 10.0 Å². The molecule has 1 saturated carbocycles. The number of hydrogen-bond donors (Lipinski definition) is 4. The Morgan fingerprint density at radius 2 is 1.91 bits per heavy atom. The van der Waals surface area contributed by atoms with Gasteiger partial charge in [0.25, 0.3) is 0 Å². The van der Waals surface area contributed by atoms with Crippen LogP contribution in [0.5, 0.6) is 0 Å². The summed E-state index contributed by atoms with van der Waals surface area (Å²) in [4.78, 5) is 16.4. The molecule has 12 heteroatoms. The summed E-state index contributed by atoms with van der Waals surface area (Å²) in [7, 11) is -3.76. The van der Waals surface area contributed by atoms with E-state index in [0.29, 0.717) is 17.1 Å². The van der Waals surface area contributed by atoms with E-state index >= 15 is 0 Å². The third-order valence-electron chi connectivity index (χ3n) is 5.87. The van der Waals surface area contributed by atoms with Gasteiger partial charge in [0, 0.05) is 36.0 Å². The Labute approximate surface area is 208 Å². The number of nitrogens with zero attached hydrogens (tertiary/aromatic N) is 3. The van der Waals surface area contributed by atoms with E-state index in [2.05, 4.69) is 30.5 Å². The Hall–Kier alpha value is -3.09. The predicted molar refractivity (Wildman–Crippen MR) is 135 cm³/mol. The van der Waals surface area contributed by atoms with Gasteiger partial charge < -0.3 is 15.7 Å². The van der Waals surface area contributed by atoms with Gasteiger partial charge >= 0.3 is 6.09 Å². The second-order valence-electron chi connectivity index (χ2n) is 8.46. The van der Waals surface area contributed by atoms with Gasteiger partial charge in [0.1, 0.15) is 0 Å². The van der Waals surface area contributed by atoms with Gasteiger partial charge in [0.05, 0.1) is 20.5 Å². The zero-order valence-electron chi connectivity index (χ0n) is 19.5. The molecule has 2 heterocycles. The minimum atomic E-state index is -3.76. The molecule has 0 bridgehead atoms. The van der Waals surface area contributed by atoms with Gasteiger partial charge in [-0.2, -0.15) is 5.10 Å². The van der Waals surface area contributed by atoms with E-state index in [1.807, 2.05) is 19.1 Å². The molecule has 186 valence electrons. The second kappa shape index (κ2) is 10.7. The lowest BCUT2D eigenvalue weighted by atomic mass is 9.86. The second-order valence-corrected chi connectivity index (χ2v) is 11.3. The molecule has 1 aromatic carbocycles. The molecule has 4 N–H and O–H groups in total. The number of nitrogens with one attached hydrogen (secondary N) is 3. The Kier molecular flexibility index (Phi) is 7.63. The Bertz CT molecular complexity index is 1290. The molecule has 1 fully saturated rings. The maximum Gasteiger partial charge on any atom is 0.404 e. The summed E-state index contributed by atoms with van der Waals surface area (Å²) in [5.41, 5.74) is 1.95. The van der Waals surface area contributed by atoms with E-state index in [-0.39, 0.29) is 23.4 Å². The van der Waals surface area contributed by atoms with Gasteiger partial charge in [0.15, 0.2) is 5.82 Å². The summed E-state index contributed by atoms with van der Waals surface area (Å²) in [5.74, 6) is 0.749. The lowest BCUT2D eigenvalue weighted by molar-refractivity contribution is 0.185. The number of carbonyl (C=O) groups is 1. The summed E-state index contributed by atoms with van der Waals surface area (Å²) in [6.07, 6.45) is 3.91. The van der Waals surface area contributed by atoms with Crippen molar-refractivity contribution < 1.29 is 18.3 Å². The molecule has 4 rings (SSSR count). The van der Waals surface area contributed by atoms with Crippen LogP contribution in [0.3, 0.4) is 0 Å². The van der Waals surface area contributed by atoms with Gasteiger partial charge in [-0.3, -0.25) is 0 Å². The fourth-order valence-electron chi connectivity index (χ4n) is 4.17. The van der Waals surface area contributed by atoms with E-state index in [1.165, 1.54) is 11.3 Å². The van der Waals surface area contributed by atoms with Crippen molar-refractivity contribution in [1.82, 2.24) is 25.2 Å². The summed E-state index contributed by atoms with van der Waals surface area (Å²) in [5, 5.41) is 23.7. The topological polar surface area (TPSA) is 146 Å². The number of aryl methyl sites for hydroxylation is 1. The largest absolute Gasteiger partial charge is 0.465 e. The molecule has 10 nitrogen and oxygen atoms in total. The van der Waals surface area contributed by atoms with Crippen molar-refractivity contribution in [2.24, 2.45) is 0 Å². The third kappa shape index (κ3) is 6.13. The van der Waals surface area contributed by atoms with Crippen LogP contribution in [0.15, 0.2) is 41.4 Å². The number of amides is 1. The minimum Gasteiger partial charge on any atom is -0.465 e. The minimum absolute atomic E-state index is 0.0293.